The number of amides is 1. The topological polar surface area (TPSA) is 48.4 Å². The fraction of sp³-hybridized carbons (Fsp3) is 0.355. The van der Waals surface area contributed by atoms with E-state index >= 15 is 0 Å². The molecule has 0 bridgehead atoms. The molecule has 0 saturated carbocycles. The van der Waals surface area contributed by atoms with Crippen molar-refractivity contribution in [2.24, 2.45) is 5.10 Å². The number of ether oxygens (including phenoxy) is 1. The lowest BCUT2D eigenvalue weighted by molar-refractivity contribution is -0.134. The molecule has 3 aromatic carbocycles. The van der Waals surface area contributed by atoms with Crippen LogP contribution in [0.2, 0.25) is 0 Å². The Bertz CT molecular complexity index is 1220. The number of hydrazone groups is 1. The average molecular weight is 497 g/mol. The highest BCUT2D eigenvalue weighted by atomic mass is 16.5. The van der Waals surface area contributed by atoms with Crippen LogP contribution < -0.4 is 4.74 Å². The van der Waals surface area contributed by atoms with Gasteiger partial charge in [-0.25, -0.2) is 5.01 Å². The molecule has 0 N–H and O–H groups in total. The summed E-state index contributed by atoms with van der Waals surface area (Å²) >= 11 is 0. The van der Waals surface area contributed by atoms with E-state index in [0.717, 1.165) is 55.3 Å². The zero-order chi connectivity index (χ0) is 25.6. The van der Waals surface area contributed by atoms with Crippen LogP contribution in [0.3, 0.4) is 0 Å². The third-order valence-corrected chi connectivity index (χ3v) is 7.17. The Morgan fingerprint density at radius 1 is 0.919 bits per heavy atom. The molecule has 3 aromatic rings. The zero-order valence-corrected chi connectivity index (χ0v) is 21.8. The van der Waals surface area contributed by atoms with Gasteiger partial charge in [0, 0.05) is 39.1 Å². The number of carbonyl (C=O) groups is 1. The number of rotatable bonds is 8. The predicted molar refractivity (Wildman–Crippen MR) is 148 cm³/mol. The zero-order valence-electron chi connectivity index (χ0n) is 21.8. The van der Waals surface area contributed by atoms with E-state index in [1.54, 1.807) is 5.01 Å². The molecular weight excluding hydrogens is 460 g/mol. The van der Waals surface area contributed by atoms with Gasteiger partial charge in [-0.3, -0.25) is 14.6 Å². The average Bonchev–Trinajstić information content (AvgIpc) is 3.37. The fourth-order valence-electron chi connectivity index (χ4n) is 5.16. The van der Waals surface area contributed by atoms with E-state index in [0.29, 0.717) is 19.6 Å². The molecule has 0 unspecified atom stereocenters. The number of benzene rings is 3. The van der Waals surface area contributed by atoms with E-state index in [4.69, 9.17) is 9.84 Å². The molecule has 6 heteroatoms. The van der Waals surface area contributed by atoms with Gasteiger partial charge < -0.3 is 4.74 Å². The SMILES string of the molecule is CCOc1ccc([C@H]2CC(c3cccc(C)c3)=NN2C(=O)CN2CCN(Cc3ccccc3)CC2)cc1. The maximum absolute atomic E-state index is 13.6. The van der Waals surface area contributed by atoms with Crippen LogP contribution >= 0.6 is 0 Å². The molecule has 1 atom stereocenters. The van der Waals surface area contributed by atoms with Crippen molar-refractivity contribution >= 4 is 11.6 Å². The molecule has 0 radical (unpaired) electrons. The number of hydrogen-bond acceptors (Lipinski definition) is 5. The van der Waals surface area contributed by atoms with E-state index in [-0.39, 0.29) is 11.9 Å². The first-order valence-electron chi connectivity index (χ1n) is 13.3. The quantitative estimate of drug-likeness (QED) is 0.446. The second-order valence-electron chi connectivity index (χ2n) is 9.91. The minimum atomic E-state index is -0.113. The Morgan fingerprint density at radius 3 is 2.35 bits per heavy atom. The lowest BCUT2D eigenvalue weighted by Crippen LogP contribution is -2.49. The molecule has 5 rings (SSSR count). The fourth-order valence-corrected chi connectivity index (χ4v) is 5.16. The molecule has 2 aliphatic rings. The van der Waals surface area contributed by atoms with Gasteiger partial charge in [0.05, 0.1) is 24.9 Å². The normalized spacial score (nSPS) is 18.6. The van der Waals surface area contributed by atoms with E-state index in [2.05, 4.69) is 83.5 Å². The summed E-state index contributed by atoms with van der Waals surface area (Å²) in [5, 5.41) is 6.61. The van der Waals surface area contributed by atoms with Gasteiger partial charge in [0.1, 0.15) is 5.75 Å². The number of carbonyl (C=O) groups excluding carboxylic acids is 1. The minimum Gasteiger partial charge on any atom is -0.494 e. The predicted octanol–water partition coefficient (Wildman–Crippen LogP) is 4.89. The number of nitrogens with zero attached hydrogens (tertiary/aromatic N) is 4. The number of aryl methyl sites for hydroxylation is 1. The summed E-state index contributed by atoms with van der Waals surface area (Å²) in [6, 6.07) is 26.9. The first kappa shape index (κ1) is 25.2. The smallest absolute Gasteiger partial charge is 0.257 e. The summed E-state index contributed by atoms with van der Waals surface area (Å²) in [5.74, 6) is 0.897. The molecule has 6 nitrogen and oxygen atoms in total. The van der Waals surface area contributed by atoms with Crippen molar-refractivity contribution in [1.29, 1.82) is 0 Å². The van der Waals surface area contributed by atoms with Gasteiger partial charge in [-0.15, -0.1) is 0 Å². The van der Waals surface area contributed by atoms with E-state index in [1.165, 1.54) is 11.1 Å². The highest BCUT2D eigenvalue weighted by molar-refractivity contribution is 6.03. The van der Waals surface area contributed by atoms with Crippen molar-refractivity contribution in [3.63, 3.8) is 0 Å². The van der Waals surface area contributed by atoms with Crippen molar-refractivity contribution in [3.05, 3.63) is 101 Å². The second-order valence-corrected chi connectivity index (χ2v) is 9.91. The van der Waals surface area contributed by atoms with Gasteiger partial charge in [0.15, 0.2) is 0 Å². The Morgan fingerprint density at radius 2 is 1.65 bits per heavy atom. The Labute approximate surface area is 220 Å². The van der Waals surface area contributed by atoms with Gasteiger partial charge in [0.25, 0.3) is 5.91 Å². The van der Waals surface area contributed by atoms with Gasteiger partial charge in [0.2, 0.25) is 0 Å². The van der Waals surface area contributed by atoms with Crippen LogP contribution in [0.5, 0.6) is 5.75 Å². The van der Waals surface area contributed by atoms with E-state index < -0.39 is 0 Å². The van der Waals surface area contributed by atoms with Crippen LogP contribution in [-0.4, -0.2) is 65.8 Å². The van der Waals surface area contributed by atoms with Crippen LogP contribution in [0.15, 0.2) is 84.0 Å². The molecule has 1 amide bonds. The highest BCUT2D eigenvalue weighted by Gasteiger charge is 2.34. The Hall–Kier alpha value is -3.48. The third kappa shape index (κ3) is 6.27. The maximum Gasteiger partial charge on any atom is 0.257 e. The third-order valence-electron chi connectivity index (χ3n) is 7.17. The summed E-state index contributed by atoms with van der Waals surface area (Å²) in [7, 11) is 0. The van der Waals surface area contributed by atoms with Crippen molar-refractivity contribution in [2.75, 3.05) is 39.3 Å². The molecule has 2 heterocycles. The number of piperazine rings is 1. The van der Waals surface area contributed by atoms with Crippen LogP contribution in [0.1, 0.15) is 41.6 Å². The van der Waals surface area contributed by atoms with Gasteiger partial charge in [-0.05, 0) is 42.7 Å². The Balaban J connectivity index is 1.27. The van der Waals surface area contributed by atoms with Gasteiger partial charge >= 0.3 is 0 Å². The van der Waals surface area contributed by atoms with Crippen molar-refractivity contribution < 1.29 is 9.53 Å². The van der Waals surface area contributed by atoms with Gasteiger partial charge in [-0.1, -0.05) is 72.3 Å². The first-order valence-corrected chi connectivity index (χ1v) is 13.3. The number of hydrogen-bond donors (Lipinski definition) is 0. The molecular formula is C31H36N4O2. The lowest BCUT2D eigenvalue weighted by atomic mass is 9.97. The van der Waals surface area contributed by atoms with E-state index in [1.807, 2.05) is 19.1 Å². The molecule has 192 valence electrons. The molecule has 1 saturated heterocycles. The second kappa shape index (κ2) is 11.7. The monoisotopic (exact) mass is 496 g/mol. The molecule has 1 fully saturated rings. The molecule has 0 spiro atoms. The summed E-state index contributed by atoms with van der Waals surface area (Å²) in [5.41, 5.74) is 5.65. The largest absolute Gasteiger partial charge is 0.494 e. The van der Waals surface area contributed by atoms with Crippen LogP contribution in [-0.2, 0) is 11.3 Å². The van der Waals surface area contributed by atoms with Crippen molar-refractivity contribution in [2.45, 2.75) is 32.9 Å². The summed E-state index contributed by atoms with van der Waals surface area (Å²) in [4.78, 5) is 18.3. The summed E-state index contributed by atoms with van der Waals surface area (Å²) in [6.07, 6.45) is 0.702. The van der Waals surface area contributed by atoms with E-state index in [9.17, 15) is 4.79 Å². The van der Waals surface area contributed by atoms with Crippen LogP contribution in [0.25, 0.3) is 0 Å². The molecule has 37 heavy (non-hydrogen) atoms. The minimum absolute atomic E-state index is 0.0537. The van der Waals surface area contributed by atoms with Gasteiger partial charge in [-0.2, -0.15) is 5.10 Å². The van der Waals surface area contributed by atoms with Crippen LogP contribution in [0, 0.1) is 6.92 Å². The standard InChI is InChI=1S/C31H36N4O2/c1-3-37-28-14-12-26(13-15-28)30-21-29(27-11-7-8-24(2)20-27)32-35(30)31(36)23-34-18-16-33(17-19-34)22-25-9-5-4-6-10-25/h4-15,20,30H,3,16-19,21-23H2,1-2H3/t30-/m1/s1. The van der Waals surface area contributed by atoms with Crippen molar-refractivity contribution in [1.82, 2.24) is 14.8 Å². The summed E-state index contributed by atoms with van der Waals surface area (Å²) < 4.78 is 5.63. The lowest BCUT2D eigenvalue weighted by Gasteiger charge is -2.35. The molecule has 0 aromatic heterocycles. The Kier molecular flexibility index (Phi) is 7.97. The summed E-state index contributed by atoms with van der Waals surface area (Å²) in [6.45, 7) is 9.73. The highest BCUT2D eigenvalue weighted by Crippen LogP contribution is 2.34. The molecule has 0 aliphatic carbocycles. The van der Waals surface area contributed by atoms with Crippen molar-refractivity contribution in [3.8, 4) is 5.75 Å². The first-order chi connectivity index (χ1) is 18.1. The molecule has 2 aliphatic heterocycles. The maximum atomic E-state index is 13.6. The van der Waals surface area contributed by atoms with Crippen LogP contribution in [0.4, 0.5) is 0 Å².